The number of anilines is 1. The van der Waals surface area contributed by atoms with Crippen molar-refractivity contribution in [2.75, 3.05) is 24.3 Å². The quantitative estimate of drug-likeness (QED) is 0.433. The van der Waals surface area contributed by atoms with Gasteiger partial charge in [0.2, 0.25) is 10.0 Å². The van der Waals surface area contributed by atoms with Gasteiger partial charge in [0.05, 0.1) is 36.9 Å². The molecule has 2 heterocycles. The van der Waals surface area contributed by atoms with Crippen molar-refractivity contribution >= 4 is 15.7 Å². The van der Waals surface area contributed by atoms with Gasteiger partial charge in [-0.25, -0.2) is 13.1 Å². The summed E-state index contributed by atoms with van der Waals surface area (Å²) in [5, 5.41) is 0. The molecule has 0 radical (unpaired) electrons. The summed E-state index contributed by atoms with van der Waals surface area (Å²) < 4.78 is 33.9. The molecule has 1 N–H and O–H groups in total. The number of nitrogens with one attached hydrogen (secondary N) is 1. The highest BCUT2D eigenvalue weighted by molar-refractivity contribution is 7.88. The van der Waals surface area contributed by atoms with Crippen molar-refractivity contribution < 1.29 is 13.2 Å². The highest BCUT2D eigenvalue weighted by Gasteiger charge is 2.35. The molecule has 3 aromatic rings. The van der Waals surface area contributed by atoms with Gasteiger partial charge in [0.1, 0.15) is 0 Å². The van der Waals surface area contributed by atoms with Crippen molar-refractivity contribution in [3.8, 4) is 11.1 Å². The molecule has 2 atom stereocenters. The fourth-order valence-corrected chi connectivity index (χ4v) is 6.72. The van der Waals surface area contributed by atoms with E-state index < -0.39 is 10.0 Å². The zero-order valence-electron chi connectivity index (χ0n) is 21.5. The fourth-order valence-electron chi connectivity index (χ4n) is 5.89. The Labute approximate surface area is 221 Å². The van der Waals surface area contributed by atoms with Crippen molar-refractivity contribution in [3.05, 3.63) is 84.7 Å². The van der Waals surface area contributed by atoms with Crippen LogP contribution in [0, 0.1) is 0 Å². The van der Waals surface area contributed by atoms with Gasteiger partial charge in [0.25, 0.3) is 0 Å². The SMILES string of the molecule is CS(=O)(=O)N[C@H]1CCCN(c2cncc(-c3ccccc3)c2)C1CO[C@H]1CC[C@@H](c2ccccc2)CC1. The lowest BCUT2D eigenvalue weighted by Crippen LogP contribution is -2.57. The maximum Gasteiger partial charge on any atom is 0.209 e. The lowest BCUT2D eigenvalue weighted by Gasteiger charge is -2.43. The molecular weight excluding hydrogens is 482 g/mol. The van der Waals surface area contributed by atoms with Gasteiger partial charge in [-0.2, -0.15) is 0 Å². The summed E-state index contributed by atoms with van der Waals surface area (Å²) >= 11 is 0. The molecule has 1 saturated heterocycles. The highest BCUT2D eigenvalue weighted by Crippen LogP contribution is 2.35. The van der Waals surface area contributed by atoms with E-state index in [1.807, 2.05) is 30.6 Å². The standard InChI is InChI=1S/C30H37N3O3S/c1-37(34,35)32-29-13-8-18-33(27-19-26(20-31-21-27)24-11-6-3-7-12-24)30(29)22-36-28-16-14-25(15-17-28)23-9-4-2-5-10-23/h2-7,9-12,19-21,25,28-30,32H,8,13-18,22H2,1H3/t25-,28+,29-,30?/m0/s1. The van der Waals surface area contributed by atoms with E-state index >= 15 is 0 Å². The first kappa shape index (κ1) is 25.9. The molecule has 2 fully saturated rings. The van der Waals surface area contributed by atoms with Crippen molar-refractivity contribution in [3.63, 3.8) is 0 Å². The number of rotatable bonds is 8. The third-order valence-corrected chi connectivity index (χ3v) is 8.49. The van der Waals surface area contributed by atoms with Gasteiger partial charge in [-0.05, 0) is 61.6 Å². The Morgan fingerprint density at radius 1 is 0.919 bits per heavy atom. The summed E-state index contributed by atoms with van der Waals surface area (Å²) in [4.78, 5) is 6.83. The van der Waals surface area contributed by atoms with Crippen LogP contribution >= 0.6 is 0 Å². The third-order valence-electron chi connectivity index (χ3n) is 7.75. The van der Waals surface area contributed by atoms with Crippen LogP contribution in [0.15, 0.2) is 79.1 Å². The van der Waals surface area contributed by atoms with Gasteiger partial charge in [-0.3, -0.25) is 4.98 Å². The topological polar surface area (TPSA) is 71.5 Å². The van der Waals surface area contributed by atoms with E-state index in [0.717, 1.165) is 61.9 Å². The number of aromatic nitrogens is 1. The highest BCUT2D eigenvalue weighted by atomic mass is 32.2. The molecule has 1 aliphatic heterocycles. The normalized spacial score (nSPS) is 24.6. The van der Waals surface area contributed by atoms with E-state index in [1.54, 1.807) is 0 Å². The van der Waals surface area contributed by atoms with Gasteiger partial charge >= 0.3 is 0 Å². The van der Waals surface area contributed by atoms with E-state index in [-0.39, 0.29) is 18.2 Å². The predicted molar refractivity (Wildman–Crippen MR) is 149 cm³/mol. The molecule has 37 heavy (non-hydrogen) atoms. The lowest BCUT2D eigenvalue weighted by atomic mass is 9.83. The molecule has 7 heteroatoms. The van der Waals surface area contributed by atoms with Crippen molar-refractivity contribution in [1.82, 2.24) is 9.71 Å². The molecule has 2 aliphatic rings. The number of pyridine rings is 1. The van der Waals surface area contributed by atoms with Crippen LogP contribution in [0.2, 0.25) is 0 Å². The van der Waals surface area contributed by atoms with Gasteiger partial charge < -0.3 is 9.64 Å². The first-order valence-corrected chi connectivity index (χ1v) is 15.3. The van der Waals surface area contributed by atoms with E-state index in [1.165, 1.54) is 11.8 Å². The van der Waals surface area contributed by atoms with Crippen LogP contribution in [0.3, 0.4) is 0 Å². The average molecular weight is 520 g/mol. The van der Waals surface area contributed by atoms with E-state index in [0.29, 0.717) is 12.5 Å². The van der Waals surface area contributed by atoms with Crippen LogP contribution in [0.5, 0.6) is 0 Å². The number of ether oxygens (including phenoxy) is 1. The first-order chi connectivity index (χ1) is 18.0. The van der Waals surface area contributed by atoms with Crippen molar-refractivity contribution in [2.45, 2.75) is 62.6 Å². The third kappa shape index (κ3) is 6.78. The molecule has 1 aliphatic carbocycles. The van der Waals surface area contributed by atoms with Crippen molar-refractivity contribution in [2.24, 2.45) is 0 Å². The minimum atomic E-state index is -3.34. The molecule has 0 bridgehead atoms. The Morgan fingerprint density at radius 3 is 2.32 bits per heavy atom. The van der Waals surface area contributed by atoms with Crippen LogP contribution in [-0.4, -0.2) is 51.0 Å². The second-order valence-electron chi connectivity index (χ2n) is 10.4. The predicted octanol–water partition coefficient (Wildman–Crippen LogP) is 5.38. The second kappa shape index (κ2) is 11.8. The van der Waals surface area contributed by atoms with Crippen LogP contribution in [-0.2, 0) is 14.8 Å². The van der Waals surface area contributed by atoms with Gasteiger partial charge in [0.15, 0.2) is 0 Å². The summed E-state index contributed by atoms with van der Waals surface area (Å²) in [7, 11) is -3.34. The zero-order valence-corrected chi connectivity index (χ0v) is 22.3. The molecule has 6 nitrogen and oxygen atoms in total. The Bertz CT molecular complexity index is 1250. The average Bonchev–Trinajstić information content (AvgIpc) is 2.93. The lowest BCUT2D eigenvalue weighted by molar-refractivity contribution is 0.0102. The molecule has 2 aromatic carbocycles. The van der Waals surface area contributed by atoms with Crippen LogP contribution in [0.25, 0.3) is 11.1 Å². The fraction of sp³-hybridized carbons (Fsp3) is 0.433. The summed E-state index contributed by atoms with van der Waals surface area (Å²) in [6.07, 6.45) is 11.2. The number of hydrogen-bond acceptors (Lipinski definition) is 5. The number of sulfonamides is 1. The Balaban J connectivity index is 1.31. The van der Waals surface area contributed by atoms with Crippen molar-refractivity contribution in [1.29, 1.82) is 0 Å². The molecule has 1 aromatic heterocycles. The molecule has 5 rings (SSSR count). The summed E-state index contributed by atoms with van der Waals surface area (Å²) in [5.74, 6) is 0.596. The minimum absolute atomic E-state index is 0.0943. The maximum atomic E-state index is 12.2. The van der Waals surface area contributed by atoms with Gasteiger partial charge in [-0.1, -0.05) is 60.7 Å². The minimum Gasteiger partial charge on any atom is -0.376 e. The van der Waals surface area contributed by atoms with Gasteiger partial charge in [-0.15, -0.1) is 0 Å². The number of hydrogen-bond donors (Lipinski definition) is 1. The zero-order chi connectivity index (χ0) is 25.7. The monoisotopic (exact) mass is 519 g/mol. The van der Waals surface area contributed by atoms with Gasteiger partial charge in [0, 0.05) is 24.3 Å². The molecular formula is C30H37N3O3S. The Kier molecular flexibility index (Phi) is 8.23. The molecule has 1 unspecified atom stereocenters. The van der Waals surface area contributed by atoms with Crippen LogP contribution in [0.4, 0.5) is 5.69 Å². The van der Waals surface area contributed by atoms with Crippen LogP contribution < -0.4 is 9.62 Å². The smallest absolute Gasteiger partial charge is 0.209 e. The Morgan fingerprint density at radius 2 is 1.62 bits per heavy atom. The summed E-state index contributed by atoms with van der Waals surface area (Å²) in [6, 6.07) is 22.8. The number of benzene rings is 2. The number of nitrogens with zero attached hydrogens (tertiary/aromatic N) is 2. The second-order valence-corrected chi connectivity index (χ2v) is 12.2. The summed E-state index contributed by atoms with van der Waals surface area (Å²) in [5.41, 5.74) is 4.59. The van der Waals surface area contributed by atoms with E-state index in [4.69, 9.17) is 4.74 Å². The maximum absolute atomic E-state index is 12.2. The molecule has 0 amide bonds. The molecule has 1 saturated carbocycles. The summed E-state index contributed by atoms with van der Waals surface area (Å²) in [6.45, 7) is 1.33. The first-order valence-electron chi connectivity index (χ1n) is 13.4. The van der Waals surface area contributed by atoms with Crippen LogP contribution in [0.1, 0.15) is 50.0 Å². The number of piperidine rings is 1. The Hall–Kier alpha value is -2.74. The van der Waals surface area contributed by atoms with E-state index in [2.05, 4.69) is 63.1 Å². The largest absolute Gasteiger partial charge is 0.376 e. The molecule has 0 spiro atoms. The molecule has 196 valence electrons. The van der Waals surface area contributed by atoms with E-state index in [9.17, 15) is 8.42 Å².